The second kappa shape index (κ2) is 4.75. The van der Waals surface area contributed by atoms with Crippen molar-refractivity contribution in [1.29, 1.82) is 0 Å². The first-order valence-corrected chi connectivity index (χ1v) is 5.38. The van der Waals surface area contributed by atoms with E-state index in [-0.39, 0.29) is 5.82 Å². The highest BCUT2D eigenvalue weighted by Gasteiger charge is 2.11. The molecule has 0 bridgehead atoms. The Morgan fingerprint density at radius 2 is 1.71 bits per heavy atom. The predicted octanol–water partition coefficient (Wildman–Crippen LogP) is 4.01. The number of rotatable bonds is 2. The number of anilines is 2. The molecular weight excluding hydrogens is 297 g/mol. The average Bonchev–Trinajstić information content (AvgIpc) is 2.26. The van der Waals surface area contributed by atoms with Gasteiger partial charge in [-0.05, 0) is 28.1 Å². The number of halogens is 4. The van der Waals surface area contributed by atoms with E-state index in [1.165, 1.54) is 12.3 Å². The van der Waals surface area contributed by atoms with Crippen molar-refractivity contribution in [3.05, 3.63) is 52.4 Å². The highest BCUT2D eigenvalue weighted by atomic mass is 79.9. The fraction of sp³-hybridized carbons (Fsp3) is 0. The van der Waals surface area contributed by atoms with Crippen LogP contribution in [0.3, 0.4) is 0 Å². The molecule has 0 aliphatic heterocycles. The maximum absolute atomic E-state index is 13.3. The minimum absolute atomic E-state index is 0.262. The topological polar surface area (TPSA) is 24.9 Å². The molecule has 17 heavy (non-hydrogen) atoms. The van der Waals surface area contributed by atoms with Crippen LogP contribution in [-0.2, 0) is 0 Å². The summed E-state index contributed by atoms with van der Waals surface area (Å²) in [5.74, 6) is -2.72. The van der Waals surface area contributed by atoms with Crippen molar-refractivity contribution in [2.24, 2.45) is 0 Å². The zero-order valence-electron chi connectivity index (χ0n) is 8.35. The zero-order chi connectivity index (χ0) is 12.4. The molecule has 88 valence electrons. The van der Waals surface area contributed by atoms with Gasteiger partial charge in [0.05, 0.1) is 0 Å². The fourth-order valence-electron chi connectivity index (χ4n) is 1.24. The Balaban J connectivity index is 2.33. The summed E-state index contributed by atoms with van der Waals surface area (Å²) in [6, 6.07) is 4.40. The molecule has 2 nitrogen and oxygen atoms in total. The van der Waals surface area contributed by atoms with Gasteiger partial charge in [0.1, 0.15) is 17.3 Å². The quantitative estimate of drug-likeness (QED) is 0.907. The highest BCUT2D eigenvalue weighted by Crippen LogP contribution is 2.23. The van der Waals surface area contributed by atoms with Crippen LogP contribution >= 0.6 is 15.9 Å². The summed E-state index contributed by atoms with van der Waals surface area (Å²) >= 11 is 3.18. The van der Waals surface area contributed by atoms with Crippen LogP contribution in [0.5, 0.6) is 0 Å². The van der Waals surface area contributed by atoms with Crippen molar-refractivity contribution in [3.8, 4) is 0 Å². The van der Waals surface area contributed by atoms with Crippen LogP contribution in [-0.4, -0.2) is 4.98 Å². The van der Waals surface area contributed by atoms with Crippen molar-refractivity contribution >= 4 is 27.4 Å². The summed E-state index contributed by atoms with van der Waals surface area (Å²) in [5, 5.41) is 2.45. The zero-order valence-corrected chi connectivity index (χ0v) is 9.93. The average molecular weight is 303 g/mol. The van der Waals surface area contributed by atoms with Crippen LogP contribution in [0.15, 0.2) is 34.9 Å². The molecule has 0 atom stereocenters. The molecule has 0 spiro atoms. The van der Waals surface area contributed by atoms with E-state index in [0.717, 1.165) is 4.47 Å². The molecule has 1 N–H and O–H groups in total. The van der Waals surface area contributed by atoms with E-state index in [1.54, 1.807) is 6.07 Å². The maximum Gasteiger partial charge on any atom is 0.152 e. The summed E-state index contributed by atoms with van der Waals surface area (Å²) < 4.78 is 40.0. The Labute approximate surface area is 104 Å². The summed E-state index contributed by atoms with van der Waals surface area (Å²) in [7, 11) is 0. The van der Waals surface area contributed by atoms with Crippen LogP contribution in [0.25, 0.3) is 0 Å². The van der Waals surface area contributed by atoms with Gasteiger partial charge in [-0.1, -0.05) is 0 Å². The second-order valence-corrected chi connectivity index (χ2v) is 4.15. The van der Waals surface area contributed by atoms with Gasteiger partial charge in [-0.25, -0.2) is 18.2 Å². The molecule has 0 saturated carbocycles. The minimum Gasteiger partial charge on any atom is -0.335 e. The molecule has 0 aliphatic rings. The first-order valence-electron chi connectivity index (χ1n) is 4.59. The van der Waals surface area contributed by atoms with Crippen LogP contribution in [0.1, 0.15) is 0 Å². The molecule has 0 aliphatic carbocycles. The Bertz CT molecular complexity index is 520. The molecule has 0 unspecified atom stereocenters. The normalized spacial score (nSPS) is 10.4. The molecule has 1 heterocycles. The minimum atomic E-state index is -1.01. The number of pyridine rings is 1. The molecule has 2 rings (SSSR count). The molecular formula is C11H6BrF3N2. The number of aromatic nitrogens is 1. The number of hydrogen-bond donors (Lipinski definition) is 1. The lowest BCUT2D eigenvalue weighted by molar-refractivity contribution is 0.549. The lowest BCUT2D eigenvalue weighted by Gasteiger charge is -2.07. The van der Waals surface area contributed by atoms with Crippen LogP contribution in [0, 0.1) is 17.5 Å². The van der Waals surface area contributed by atoms with Crippen molar-refractivity contribution in [2.45, 2.75) is 0 Å². The smallest absolute Gasteiger partial charge is 0.152 e. The fourth-order valence-corrected chi connectivity index (χ4v) is 1.47. The van der Waals surface area contributed by atoms with E-state index in [4.69, 9.17) is 0 Å². The van der Waals surface area contributed by atoms with E-state index >= 15 is 0 Å². The van der Waals surface area contributed by atoms with Gasteiger partial charge < -0.3 is 5.32 Å². The van der Waals surface area contributed by atoms with E-state index in [2.05, 4.69) is 26.2 Å². The second-order valence-electron chi connectivity index (χ2n) is 3.23. The third-order valence-corrected chi connectivity index (χ3v) is 2.46. The van der Waals surface area contributed by atoms with Gasteiger partial charge in [0.15, 0.2) is 11.6 Å². The Kier molecular flexibility index (Phi) is 3.33. The van der Waals surface area contributed by atoms with Gasteiger partial charge >= 0.3 is 0 Å². The van der Waals surface area contributed by atoms with E-state index in [9.17, 15) is 13.2 Å². The first kappa shape index (κ1) is 11.9. The lowest BCUT2D eigenvalue weighted by Crippen LogP contribution is -2.00. The largest absolute Gasteiger partial charge is 0.335 e. The third-order valence-electron chi connectivity index (χ3n) is 1.99. The molecule has 0 saturated heterocycles. The van der Waals surface area contributed by atoms with Gasteiger partial charge in [0, 0.05) is 22.8 Å². The first-order chi connectivity index (χ1) is 8.06. The van der Waals surface area contributed by atoms with Gasteiger partial charge in [-0.2, -0.15) is 0 Å². The molecule has 0 amide bonds. The van der Waals surface area contributed by atoms with Crippen molar-refractivity contribution in [2.75, 3.05) is 5.32 Å². The van der Waals surface area contributed by atoms with Crippen molar-refractivity contribution < 1.29 is 13.2 Å². The lowest BCUT2D eigenvalue weighted by atomic mass is 10.2. The predicted molar refractivity (Wildman–Crippen MR) is 61.5 cm³/mol. The van der Waals surface area contributed by atoms with E-state index < -0.39 is 23.1 Å². The highest BCUT2D eigenvalue weighted by molar-refractivity contribution is 9.10. The van der Waals surface area contributed by atoms with Gasteiger partial charge in [0.2, 0.25) is 0 Å². The van der Waals surface area contributed by atoms with Crippen molar-refractivity contribution in [3.63, 3.8) is 0 Å². The monoisotopic (exact) mass is 302 g/mol. The number of hydrogen-bond acceptors (Lipinski definition) is 2. The van der Waals surface area contributed by atoms with Gasteiger partial charge in [-0.3, -0.25) is 0 Å². The standard InChI is InChI=1S/C11H6BrF3N2/c12-6-1-2-10(16-5-6)17-11-8(14)3-7(13)4-9(11)15/h1-5H,(H,16,17). The number of nitrogens with one attached hydrogen (secondary N) is 1. The Morgan fingerprint density at radius 3 is 2.24 bits per heavy atom. The molecule has 0 radical (unpaired) electrons. The van der Waals surface area contributed by atoms with Crippen LogP contribution in [0.4, 0.5) is 24.7 Å². The third kappa shape index (κ3) is 2.76. The molecule has 6 heteroatoms. The Morgan fingerprint density at radius 1 is 1.06 bits per heavy atom. The van der Waals surface area contributed by atoms with E-state index in [0.29, 0.717) is 12.1 Å². The number of benzene rings is 1. The maximum atomic E-state index is 13.3. The summed E-state index contributed by atoms with van der Waals surface area (Å²) in [5.41, 5.74) is -0.429. The van der Waals surface area contributed by atoms with Gasteiger partial charge in [-0.15, -0.1) is 0 Å². The SMILES string of the molecule is Fc1cc(F)c(Nc2ccc(Br)cn2)c(F)c1. The van der Waals surface area contributed by atoms with Crippen LogP contribution in [0.2, 0.25) is 0 Å². The molecule has 0 fully saturated rings. The summed E-state index contributed by atoms with van der Waals surface area (Å²) in [6.07, 6.45) is 1.47. The van der Waals surface area contributed by atoms with Crippen LogP contribution < -0.4 is 5.32 Å². The summed E-state index contributed by atoms with van der Waals surface area (Å²) in [4.78, 5) is 3.89. The number of nitrogens with zero attached hydrogens (tertiary/aromatic N) is 1. The Hall–Kier alpha value is -1.56. The van der Waals surface area contributed by atoms with Gasteiger partial charge in [0.25, 0.3) is 0 Å². The van der Waals surface area contributed by atoms with Crippen molar-refractivity contribution in [1.82, 2.24) is 4.98 Å². The van der Waals surface area contributed by atoms with E-state index in [1.807, 2.05) is 0 Å². The molecule has 1 aromatic heterocycles. The molecule has 1 aromatic carbocycles. The molecule has 2 aromatic rings. The summed E-state index contributed by atoms with van der Waals surface area (Å²) in [6.45, 7) is 0.